The van der Waals surface area contributed by atoms with Crippen molar-refractivity contribution >= 4 is 5.91 Å². The molecule has 6 heteroatoms. The molecule has 0 aliphatic carbocycles. The average molecular weight is 273 g/mol. The zero-order valence-corrected chi connectivity index (χ0v) is 12.0. The molecule has 2 aromatic rings. The van der Waals surface area contributed by atoms with E-state index in [1.807, 2.05) is 6.92 Å². The van der Waals surface area contributed by atoms with E-state index in [2.05, 4.69) is 58.0 Å². The molecule has 2 rings (SSSR count). The van der Waals surface area contributed by atoms with E-state index in [1.165, 1.54) is 16.7 Å². The van der Waals surface area contributed by atoms with Crippen LogP contribution in [0.2, 0.25) is 0 Å². The maximum Gasteiger partial charge on any atom is 0.220 e. The monoisotopic (exact) mass is 273 g/mol. The summed E-state index contributed by atoms with van der Waals surface area (Å²) in [6.07, 6.45) is 1.18. The second-order valence-corrected chi connectivity index (χ2v) is 5.06. The normalized spacial score (nSPS) is 12.2. The van der Waals surface area contributed by atoms with Gasteiger partial charge in [0.1, 0.15) is 0 Å². The predicted octanol–water partition coefficient (Wildman–Crippen LogP) is 1.63. The lowest BCUT2D eigenvalue weighted by molar-refractivity contribution is -0.121. The third-order valence-corrected chi connectivity index (χ3v) is 3.05. The lowest BCUT2D eigenvalue weighted by atomic mass is 10.0. The number of H-pyrrole nitrogens is 1. The zero-order chi connectivity index (χ0) is 14.5. The standard InChI is InChI=1S/C14H19N5O/c1-9-6-10(2)8-12(7-9)4-5-13(20)15-11(3)14-16-18-19-17-14/h6-8,11H,4-5H2,1-3H3,(H,15,20)(H,16,17,18,19)/t11-/m1/s1. The fourth-order valence-corrected chi connectivity index (χ4v) is 2.20. The van der Waals surface area contributed by atoms with Gasteiger partial charge in [0, 0.05) is 6.42 Å². The summed E-state index contributed by atoms with van der Waals surface area (Å²) in [5.41, 5.74) is 3.63. The largest absolute Gasteiger partial charge is 0.346 e. The second-order valence-electron chi connectivity index (χ2n) is 5.06. The Kier molecular flexibility index (Phi) is 4.45. The number of aromatic nitrogens is 4. The minimum Gasteiger partial charge on any atom is -0.346 e. The molecule has 106 valence electrons. The lowest BCUT2D eigenvalue weighted by Crippen LogP contribution is -2.27. The first-order chi connectivity index (χ1) is 9.54. The van der Waals surface area contributed by atoms with Gasteiger partial charge in [-0.1, -0.05) is 34.5 Å². The Labute approximate surface area is 118 Å². The first-order valence-electron chi connectivity index (χ1n) is 6.64. The number of amides is 1. The highest BCUT2D eigenvalue weighted by Crippen LogP contribution is 2.11. The van der Waals surface area contributed by atoms with Gasteiger partial charge in [-0.3, -0.25) is 4.79 Å². The van der Waals surface area contributed by atoms with Crippen molar-refractivity contribution in [3.63, 3.8) is 0 Å². The molecular formula is C14H19N5O. The third kappa shape index (κ3) is 3.88. The third-order valence-electron chi connectivity index (χ3n) is 3.05. The van der Waals surface area contributed by atoms with Crippen molar-refractivity contribution in [3.05, 3.63) is 40.7 Å². The van der Waals surface area contributed by atoms with Crippen LogP contribution in [0.4, 0.5) is 0 Å². The second kappa shape index (κ2) is 6.27. The number of aryl methyl sites for hydroxylation is 3. The van der Waals surface area contributed by atoms with E-state index >= 15 is 0 Å². The smallest absolute Gasteiger partial charge is 0.220 e. The molecule has 6 nitrogen and oxygen atoms in total. The van der Waals surface area contributed by atoms with Crippen molar-refractivity contribution in [2.45, 2.75) is 39.7 Å². The first kappa shape index (κ1) is 14.2. The van der Waals surface area contributed by atoms with Gasteiger partial charge in [0.2, 0.25) is 5.91 Å². The molecule has 0 bridgehead atoms. The molecule has 0 aliphatic heterocycles. The van der Waals surface area contributed by atoms with Crippen LogP contribution in [0.1, 0.15) is 41.9 Å². The Morgan fingerprint density at radius 3 is 2.60 bits per heavy atom. The van der Waals surface area contributed by atoms with E-state index in [9.17, 15) is 4.79 Å². The van der Waals surface area contributed by atoms with Crippen LogP contribution in [0.3, 0.4) is 0 Å². The molecular weight excluding hydrogens is 254 g/mol. The van der Waals surface area contributed by atoms with Crippen molar-refractivity contribution in [1.82, 2.24) is 25.9 Å². The Hall–Kier alpha value is -2.24. The molecule has 1 aromatic heterocycles. The molecule has 2 N–H and O–H groups in total. The lowest BCUT2D eigenvalue weighted by Gasteiger charge is -2.10. The predicted molar refractivity (Wildman–Crippen MR) is 75.0 cm³/mol. The van der Waals surface area contributed by atoms with E-state index < -0.39 is 0 Å². The fraction of sp³-hybridized carbons (Fsp3) is 0.429. The summed E-state index contributed by atoms with van der Waals surface area (Å²) in [5, 5.41) is 16.4. The maximum absolute atomic E-state index is 11.9. The Morgan fingerprint density at radius 2 is 2.00 bits per heavy atom. The van der Waals surface area contributed by atoms with Crippen LogP contribution in [-0.2, 0) is 11.2 Å². The summed E-state index contributed by atoms with van der Waals surface area (Å²) in [7, 11) is 0. The summed E-state index contributed by atoms with van der Waals surface area (Å²) in [5.74, 6) is 0.478. The quantitative estimate of drug-likeness (QED) is 0.867. The molecule has 20 heavy (non-hydrogen) atoms. The number of rotatable bonds is 5. The van der Waals surface area contributed by atoms with E-state index in [1.54, 1.807) is 0 Å². The number of hydrogen-bond donors (Lipinski definition) is 2. The number of tetrazole rings is 1. The van der Waals surface area contributed by atoms with Crippen LogP contribution in [-0.4, -0.2) is 26.5 Å². The van der Waals surface area contributed by atoms with Crippen molar-refractivity contribution in [2.24, 2.45) is 0 Å². The molecule has 0 radical (unpaired) electrons. The maximum atomic E-state index is 11.9. The summed E-state index contributed by atoms with van der Waals surface area (Å²) < 4.78 is 0. The minimum atomic E-state index is -0.236. The molecule has 0 unspecified atom stereocenters. The zero-order valence-electron chi connectivity index (χ0n) is 12.0. The number of aromatic amines is 1. The van der Waals surface area contributed by atoms with E-state index in [4.69, 9.17) is 0 Å². The fourth-order valence-electron chi connectivity index (χ4n) is 2.20. The highest BCUT2D eigenvalue weighted by molar-refractivity contribution is 5.76. The van der Waals surface area contributed by atoms with Crippen LogP contribution in [0.5, 0.6) is 0 Å². The molecule has 0 fully saturated rings. The van der Waals surface area contributed by atoms with Crippen molar-refractivity contribution < 1.29 is 4.79 Å². The molecule has 1 heterocycles. The van der Waals surface area contributed by atoms with Crippen LogP contribution in [0.15, 0.2) is 18.2 Å². The van der Waals surface area contributed by atoms with E-state index in [-0.39, 0.29) is 11.9 Å². The Morgan fingerprint density at radius 1 is 1.30 bits per heavy atom. The van der Waals surface area contributed by atoms with E-state index in [0.717, 1.165) is 6.42 Å². The van der Waals surface area contributed by atoms with Gasteiger partial charge in [0.05, 0.1) is 6.04 Å². The molecule has 0 aliphatic rings. The minimum absolute atomic E-state index is 0.0125. The van der Waals surface area contributed by atoms with Gasteiger partial charge in [0.25, 0.3) is 0 Å². The van der Waals surface area contributed by atoms with Gasteiger partial charge in [-0.25, -0.2) is 0 Å². The molecule has 1 amide bonds. The summed E-state index contributed by atoms with van der Waals surface area (Å²) in [4.78, 5) is 11.9. The van der Waals surface area contributed by atoms with Gasteiger partial charge >= 0.3 is 0 Å². The van der Waals surface area contributed by atoms with Crippen LogP contribution in [0, 0.1) is 13.8 Å². The summed E-state index contributed by atoms with van der Waals surface area (Å²) >= 11 is 0. The molecule has 0 saturated heterocycles. The van der Waals surface area contributed by atoms with Crippen LogP contribution in [0.25, 0.3) is 0 Å². The summed E-state index contributed by atoms with van der Waals surface area (Å²) in [6.45, 7) is 5.96. The topological polar surface area (TPSA) is 83.6 Å². The Balaban J connectivity index is 1.86. The van der Waals surface area contributed by atoms with Gasteiger partial charge in [-0.15, -0.1) is 10.2 Å². The molecule has 1 aromatic carbocycles. The van der Waals surface area contributed by atoms with Crippen molar-refractivity contribution in [2.75, 3.05) is 0 Å². The number of nitrogens with zero attached hydrogens (tertiary/aromatic N) is 3. The van der Waals surface area contributed by atoms with E-state index in [0.29, 0.717) is 12.2 Å². The number of carbonyl (C=O) groups excluding carboxylic acids is 1. The molecule has 0 saturated carbocycles. The Bertz CT molecular complexity index is 559. The van der Waals surface area contributed by atoms with Gasteiger partial charge in [0.15, 0.2) is 5.82 Å². The molecule has 0 spiro atoms. The van der Waals surface area contributed by atoms with Crippen molar-refractivity contribution in [3.8, 4) is 0 Å². The van der Waals surface area contributed by atoms with Gasteiger partial charge < -0.3 is 5.32 Å². The van der Waals surface area contributed by atoms with Crippen LogP contribution < -0.4 is 5.32 Å². The van der Waals surface area contributed by atoms with Gasteiger partial charge in [-0.2, -0.15) is 5.21 Å². The average Bonchev–Trinajstić information content (AvgIpc) is 2.89. The van der Waals surface area contributed by atoms with Gasteiger partial charge in [-0.05, 0) is 32.8 Å². The highest BCUT2D eigenvalue weighted by atomic mass is 16.1. The number of nitrogens with one attached hydrogen (secondary N) is 2. The number of benzene rings is 1. The van der Waals surface area contributed by atoms with Crippen LogP contribution >= 0.6 is 0 Å². The van der Waals surface area contributed by atoms with Crippen molar-refractivity contribution in [1.29, 1.82) is 0 Å². The SMILES string of the molecule is Cc1cc(C)cc(CCC(=O)N[C@H](C)c2nn[nH]n2)c1. The first-order valence-corrected chi connectivity index (χ1v) is 6.64. The summed E-state index contributed by atoms with van der Waals surface area (Å²) in [6, 6.07) is 6.12. The highest BCUT2D eigenvalue weighted by Gasteiger charge is 2.13. The number of hydrogen-bond acceptors (Lipinski definition) is 4. The molecule has 1 atom stereocenters. The number of carbonyl (C=O) groups is 1.